The van der Waals surface area contributed by atoms with E-state index in [2.05, 4.69) is 36.5 Å². The van der Waals surface area contributed by atoms with Crippen LogP contribution in [0.25, 0.3) is 0 Å². The summed E-state index contributed by atoms with van der Waals surface area (Å²) in [7, 11) is 0. The van der Waals surface area contributed by atoms with Crippen molar-refractivity contribution in [2.45, 2.75) is 38.1 Å². The second kappa shape index (κ2) is 6.60. The number of hydrogen-bond donors (Lipinski definition) is 2. The standard InChI is InChI=1S/C18H25N3O2/c1-12(15-11-16(15)13-5-3-2-4-6-13)20-18(23)21-9-7-14(8-10-21)17(19)22/h2-6,12,14-16H,7-11H2,1H3,(H2,19,22)(H,20,23)/t12-,15+,16-/m0/s1. The number of benzene rings is 1. The lowest BCUT2D eigenvalue weighted by Gasteiger charge is -2.31. The van der Waals surface area contributed by atoms with Crippen molar-refractivity contribution in [3.8, 4) is 0 Å². The summed E-state index contributed by atoms with van der Waals surface area (Å²) in [4.78, 5) is 25.3. The number of nitrogens with one attached hydrogen (secondary N) is 1. The van der Waals surface area contributed by atoms with Crippen molar-refractivity contribution in [1.29, 1.82) is 0 Å². The van der Waals surface area contributed by atoms with Crippen LogP contribution in [0.4, 0.5) is 4.79 Å². The highest BCUT2D eigenvalue weighted by Crippen LogP contribution is 2.49. The minimum Gasteiger partial charge on any atom is -0.369 e. The third kappa shape index (κ3) is 3.66. The number of nitrogens with two attached hydrogens (primary N) is 1. The van der Waals surface area contributed by atoms with E-state index in [9.17, 15) is 9.59 Å². The number of amides is 3. The summed E-state index contributed by atoms with van der Waals surface area (Å²) >= 11 is 0. The number of likely N-dealkylation sites (tertiary alicyclic amines) is 1. The molecule has 1 aliphatic carbocycles. The van der Waals surface area contributed by atoms with Crippen molar-refractivity contribution in [1.82, 2.24) is 10.2 Å². The van der Waals surface area contributed by atoms with Crippen molar-refractivity contribution in [3.63, 3.8) is 0 Å². The van der Waals surface area contributed by atoms with Gasteiger partial charge in [0.2, 0.25) is 5.91 Å². The lowest BCUT2D eigenvalue weighted by atomic mass is 9.96. The molecule has 0 unspecified atom stereocenters. The number of hydrogen-bond acceptors (Lipinski definition) is 2. The maximum absolute atomic E-state index is 12.4. The van der Waals surface area contributed by atoms with Crippen molar-refractivity contribution in [2.24, 2.45) is 17.6 Å². The average Bonchev–Trinajstić information content (AvgIpc) is 3.36. The molecule has 3 N–H and O–H groups in total. The molecule has 0 radical (unpaired) electrons. The second-order valence-electron chi connectivity index (χ2n) is 6.82. The van der Waals surface area contributed by atoms with Gasteiger partial charge in [-0.25, -0.2) is 4.79 Å². The first-order valence-electron chi connectivity index (χ1n) is 8.46. The molecule has 0 bridgehead atoms. The van der Waals surface area contributed by atoms with E-state index < -0.39 is 0 Å². The molecule has 1 heterocycles. The number of piperidine rings is 1. The third-order valence-electron chi connectivity index (χ3n) is 5.25. The molecule has 3 amide bonds. The Morgan fingerprint density at radius 1 is 1.22 bits per heavy atom. The molecule has 1 saturated carbocycles. The molecule has 2 fully saturated rings. The van der Waals surface area contributed by atoms with Crippen LogP contribution in [-0.2, 0) is 4.79 Å². The summed E-state index contributed by atoms with van der Waals surface area (Å²) in [6.45, 7) is 3.31. The van der Waals surface area contributed by atoms with Gasteiger partial charge in [0.05, 0.1) is 0 Å². The van der Waals surface area contributed by atoms with E-state index in [1.807, 2.05) is 6.07 Å². The summed E-state index contributed by atoms with van der Waals surface area (Å²) in [6.07, 6.45) is 2.48. The Kier molecular flexibility index (Phi) is 4.55. The maximum Gasteiger partial charge on any atom is 0.317 e. The van der Waals surface area contributed by atoms with Crippen molar-refractivity contribution in [2.75, 3.05) is 13.1 Å². The quantitative estimate of drug-likeness (QED) is 0.892. The number of nitrogens with zero attached hydrogens (tertiary/aromatic N) is 1. The molecule has 23 heavy (non-hydrogen) atoms. The van der Waals surface area contributed by atoms with Crippen LogP contribution in [0.15, 0.2) is 30.3 Å². The van der Waals surface area contributed by atoms with E-state index in [0.29, 0.717) is 37.8 Å². The monoisotopic (exact) mass is 315 g/mol. The zero-order valence-corrected chi connectivity index (χ0v) is 13.6. The zero-order valence-electron chi connectivity index (χ0n) is 13.6. The van der Waals surface area contributed by atoms with Crippen molar-refractivity contribution >= 4 is 11.9 Å². The van der Waals surface area contributed by atoms with Gasteiger partial charge in [0.25, 0.3) is 0 Å². The van der Waals surface area contributed by atoms with Gasteiger partial charge in [0, 0.05) is 25.0 Å². The number of rotatable bonds is 4. The number of urea groups is 1. The van der Waals surface area contributed by atoms with Gasteiger partial charge >= 0.3 is 6.03 Å². The molecule has 3 atom stereocenters. The van der Waals surface area contributed by atoms with Gasteiger partial charge in [-0.05, 0) is 43.6 Å². The molecule has 0 aromatic heterocycles. The molecular formula is C18H25N3O2. The SMILES string of the molecule is C[C@H](NC(=O)N1CCC(C(N)=O)CC1)[C@H]1C[C@H]1c1ccccc1. The summed E-state index contributed by atoms with van der Waals surface area (Å²) in [6, 6.07) is 10.6. The molecule has 3 rings (SSSR count). The third-order valence-corrected chi connectivity index (χ3v) is 5.25. The normalized spacial score (nSPS) is 25.7. The lowest BCUT2D eigenvalue weighted by molar-refractivity contribution is -0.123. The minimum absolute atomic E-state index is 0.0147. The first kappa shape index (κ1) is 15.8. The Labute approximate surface area is 137 Å². The topological polar surface area (TPSA) is 75.4 Å². The largest absolute Gasteiger partial charge is 0.369 e. The van der Waals surface area contributed by atoms with Gasteiger partial charge in [-0.2, -0.15) is 0 Å². The molecule has 1 aromatic carbocycles. The minimum atomic E-state index is -0.248. The second-order valence-corrected chi connectivity index (χ2v) is 6.82. The lowest BCUT2D eigenvalue weighted by Crippen LogP contribution is -2.49. The molecule has 5 heteroatoms. The molecule has 5 nitrogen and oxygen atoms in total. The number of carbonyl (C=O) groups is 2. The van der Waals surface area contributed by atoms with E-state index in [1.165, 1.54) is 5.56 Å². The molecule has 0 spiro atoms. The number of primary amides is 1. The summed E-state index contributed by atoms with van der Waals surface area (Å²) in [5, 5.41) is 3.13. The van der Waals surface area contributed by atoms with E-state index in [1.54, 1.807) is 4.90 Å². The fourth-order valence-corrected chi connectivity index (χ4v) is 3.61. The maximum atomic E-state index is 12.4. The highest BCUT2D eigenvalue weighted by atomic mass is 16.2. The summed E-state index contributed by atoms with van der Waals surface area (Å²) in [5.41, 5.74) is 6.69. The van der Waals surface area contributed by atoms with Gasteiger partial charge in [-0.1, -0.05) is 30.3 Å². The summed E-state index contributed by atoms with van der Waals surface area (Å²) < 4.78 is 0. The Morgan fingerprint density at radius 2 is 1.87 bits per heavy atom. The molecule has 1 aromatic rings. The Hall–Kier alpha value is -2.04. The first-order valence-corrected chi connectivity index (χ1v) is 8.46. The summed E-state index contributed by atoms with van der Waals surface area (Å²) in [5.74, 6) is 0.751. The van der Waals surface area contributed by atoms with E-state index >= 15 is 0 Å². The van der Waals surface area contributed by atoms with Gasteiger partial charge in [0.1, 0.15) is 0 Å². The van der Waals surface area contributed by atoms with Crippen LogP contribution in [0.2, 0.25) is 0 Å². The first-order chi connectivity index (χ1) is 11.1. The van der Waals surface area contributed by atoms with Crippen LogP contribution in [0, 0.1) is 11.8 Å². The fraction of sp³-hybridized carbons (Fsp3) is 0.556. The van der Waals surface area contributed by atoms with E-state index in [4.69, 9.17) is 5.73 Å². The highest BCUT2D eigenvalue weighted by Gasteiger charge is 2.42. The molecular weight excluding hydrogens is 290 g/mol. The zero-order chi connectivity index (χ0) is 16.4. The number of carbonyl (C=O) groups excluding carboxylic acids is 2. The van der Waals surface area contributed by atoms with Crippen LogP contribution in [0.5, 0.6) is 0 Å². The van der Waals surface area contributed by atoms with Crippen LogP contribution in [0.3, 0.4) is 0 Å². The van der Waals surface area contributed by atoms with Crippen LogP contribution in [0.1, 0.15) is 37.7 Å². The average molecular weight is 315 g/mol. The fourth-order valence-electron chi connectivity index (χ4n) is 3.61. The van der Waals surface area contributed by atoms with Crippen molar-refractivity contribution < 1.29 is 9.59 Å². The molecule has 1 aliphatic heterocycles. The van der Waals surface area contributed by atoms with Gasteiger partial charge in [-0.15, -0.1) is 0 Å². The highest BCUT2D eigenvalue weighted by molar-refractivity contribution is 5.78. The predicted octanol–water partition coefficient (Wildman–Crippen LogP) is 2.09. The van der Waals surface area contributed by atoms with Crippen LogP contribution < -0.4 is 11.1 Å². The smallest absolute Gasteiger partial charge is 0.317 e. The predicted molar refractivity (Wildman–Crippen MR) is 88.8 cm³/mol. The van der Waals surface area contributed by atoms with Crippen molar-refractivity contribution in [3.05, 3.63) is 35.9 Å². The molecule has 2 aliphatic rings. The Bertz CT molecular complexity index is 567. The van der Waals surface area contributed by atoms with Gasteiger partial charge in [0.15, 0.2) is 0 Å². The Balaban J connectivity index is 1.47. The van der Waals surface area contributed by atoms with E-state index in [0.717, 1.165) is 6.42 Å². The Morgan fingerprint density at radius 3 is 2.48 bits per heavy atom. The van der Waals surface area contributed by atoms with Gasteiger partial charge < -0.3 is 16.0 Å². The molecule has 1 saturated heterocycles. The van der Waals surface area contributed by atoms with E-state index in [-0.39, 0.29) is 23.9 Å². The van der Waals surface area contributed by atoms with Crippen LogP contribution in [-0.4, -0.2) is 36.0 Å². The van der Waals surface area contributed by atoms with Gasteiger partial charge in [-0.3, -0.25) is 4.79 Å². The molecule has 124 valence electrons. The van der Waals surface area contributed by atoms with Crippen LogP contribution >= 0.6 is 0 Å².